The van der Waals surface area contributed by atoms with Crippen molar-refractivity contribution in [2.45, 2.75) is 32.1 Å². The van der Waals surface area contributed by atoms with Crippen molar-refractivity contribution in [1.82, 2.24) is 10.2 Å². The maximum absolute atomic E-state index is 12.1. The molecule has 0 bridgehead atoms. The lowest BCUT2D eigenvalue weighted by Crippen LogP contribution is -2.32. The van der Waals surface area contributed by atoms with E-state index in [2.05, 4.69) is 15.5 Å². The molecule has 1 heterocycles. The fourth-order valence-electron chi connectivity index (χ4n) is 3.55. The number of urea groups is 1. The second-order valence-electron chi connectivity index (χ2n) is 7.30. The highest BCUT2D eigenvalue weighted by Gasteiger charge is 2.09. The van der Waals surface area contributed by atoms with Crippen LogP contribution in [0.2, 0.25) is 0 Å². The number of amides is 2. The summed E-state index contributed by atoms with van der Waals surface area (Å²) in [5, 5.41) is 5.84. The Morgan fingerprint density at radius 3 is 2.21 bits per heavy atom. The number of carbonyl (C=O) groups excluding carboxylic acids is 1. The maximum Gasteiger partial charge on any atom is 0.319 e. The largest absolute Gasteiger partial charge is 0.497 e. The lowest BCUT2D eigenvalue weighted by Gasteiger charge is -2.26. The van der Waals surface area contributed by atoms with E-state index < -0.39 is 0 Å². The molecule has 2 amide bonds. The van der Waals surface area contributed by atoms with E-state index in [1.807, 2.05) is 48.5 Å². The van der Waals surface area contributed by atoms with Gasteiger partial charge in [-0.2, -0.15) is 0 Å². The molecule has 0 unspecified atom stereocenters. The number of anilines is 1. The molecule has 2 aromatic carbocycles. The molecule has 0 saturated carbocycles. The molecule has 5 heteroatoms. The topological polar surface area (TPSA) is 53.6 Å². The first-order valence-corrected chi connectivity index (χ1v) is 10.3. The van der Waals surface area contributed by atoms with Crippen LogP contribution in [0.1, 0.15) is 32.1 Å². The van der Waals surface area contributed by atoms with Gasteiger partial charge in [0.2, 0.25) is 0 Å². The van der Waals surface area contributed by atoms with Crippen molar-refractivity contribution in [3.05, 3.63) is 48.5 Å². The van der Waals surface area contributed by atoms with E-state index in [0.717, 1.165) is 42.0 Å². The molecule has 1 aliphatic rings. The fraction of sp³-hybridized carbons (Fsp3) is 0.435. The molecule has 0 atom stereocenters. The number of likely N-dealkylation sites (tertiary alicyclic amines) is 1. The van der Waals surface area contributed by atoms with Gasteiger partial charge in [0.05, 0.1) is 7.11 Å². The van der Waals surface area contributed by atoms with E-state index in [-0.39, 0.29) is 6.03 Å². The zero-order valence-electron chi connectivity index (χ0n) is 16.7. The molecular weight excluding hydrogens is 350 g/mol. The number of ether oxygens (including phenoxy) is 1. The van der Waals surface area contributed by atoms with E-state index in [0.29, 0.717) is 6.54 Å². The number of benzene rings is 2. The summed E-state index contributed by atoms with van der Waals surface area (Å²) < 4.78 is 5.19. The van der Waals surface area contributed by atoms with Crippen molar-refractivity contribution in [2.75, 3.05) is 38.6 Å². The third-order valence-corrected chi connectivity index (χ3v) is 5.20. The number of hydrogen-bond donors (Lipinski definition) is 2. The first kappa shape index (κ1) is 20.2. The Hall–Kier alpha value is -2.53. The van der Waals surface area contributed by atoms with Crippen LogP contribution in [0.25, 0.3) is 11.1 Å². The van der Waals surface area contributed by atoms with E-state index in [1.54, 1.807) is 7.11 Å². The van der Waals surface area contributed by atoms with Crippen LogP contribution < -0.4 is 15.4 Å². The third-order valence-electron chi connectivity index (χ3n) is 5.20. The Kier molecular flexibility index (Phi) is 7.73. The molecule has 0 spiro atoms. The van der Waals surface area contributed by atoms with E-state index in [9.17, 15) is 4.79 Å². The number of rotatable bonds is 8. The smallest absolute Gasteiger partial charge is 0.319 e. The molecule has 1 aliphatic heterocycles. The average molecular weight is 382 g/mol. The third kappa shape index (κ3) is 6.27. The van der Waals surface area contributed by atoms with Gasteiger partial charge in [0.1, 0.15) is 5.75 Å². The number of hydrogen-bond acceptors (Lipinski definition) is 3. The molecule has 1 fully saturated rings. The van der Waals surface area contributed by atoms with Crippen molar-refractivity contribution < 1.29 is 9.53 Å². The number of nitrogens with one attached hydrogen (secondary N) is 2. The summed E-state index contributed by atoms with van der Waals surface area (Å²) in [5.41, 5.74) is 3.01. The van der Waals surface area contributed by atoms with Gasteiger partial charge in [-0.3, -0.25) is 0 Å². The summed E-state index contributed by atoms with van der Waals surface area (Å²) >= 11 is 0. The minimum atomic E-state index is -0.143. The molecule has 0 aliphatic carbocycles. The predicted molar refractivity (Wildman–Crippen MR) is 115 cm³/mol. The average Bonchev–Trinajstić information content (AvgIpc) is 2.75. The number of carbonyl (C=O) groups is 1. The van der Waals surface area contributed by atoms with Crippen LogP contribution in [0.5, 0.6) is 5.75 Å². The van der Waals surface area contributed by atoms with Crippen LogP contribution in [0.4, 0.5) is 10.5 Å². The Balaban J connectivity index is 1.36. The number of methoxy groups -OCH3 is 1. The zero-order chi connectivity index (χ0) is 19.6. The minimum Gasteiger partial charge on any atom is -0.497 e. The molecule has 150 valence electrons. The summed E-state index contributed by atoms with van der Waals surface area (Å²) in [5.74, 6) is 0.842. The molecule has 0 radical (unpaired) electrons. The Labute approximate surface area is 168 Å². The van der Waals surface area contributed by atoms with E-state index in [4.69, 9.17) is 4.74 Å². The molecule has 3 rings (SSSR count). The van der Waals surface area contributed by atoms with Crippen LogP contribution >= 0.6 is 0 Å². The quantitative estimate of drug-likeness (QED) is 0.649. The van der Waals surface area contributed by atoms with Crippen LogP contribution in [0, 0.1) is 0 Å². The van der Waals surface area contributed by atoms with Crippen molar-refractivity contribution in [2.24, 2.45) is 0 Å². The highest BCUT2D eigenvalue weighted by atomic mass is 16.5. The first-order chi connectivity index (χ1) is 13.7. The molecule has 2 aromatic rings. The molecule has 28 heavy (non-hydrogen) atoms. The van der Waals surface area contributed by atoms with Crippen LogP contribution in [-0.2, 0) is 0 Å². The maximum atomic E-state index is 12.1. The normalized spacial score (nSPS) is 14.5. The Morgan fingerprint density at radius 1 is 0.929 bits per heavy atom. The van der Waals surface area contributed by atoms with E-state index >= 15 is 0 Å². The van der Waals surface area contributed by atoms with Crippen LogP contribution in [0.15, 0.2) is 48.5 Å². The lowest BCUT2D eigenvalue weighted by molar-refractivity contribution is 0.224. The standard InChI is InChI=1S/C23H31N3O2/c1-28-22-13-9-20(10-14-22)19-7-11-21(12-8-19)25-23(27)24-15-3-6-18-26-16-4-2-5-17-26/h7-14H,2-6,15-18H2,1H3,(H2,24,25,27). The molecule has 2 N–H and O–H groups in total. The Morgan fingerprint density at radius 2 is 1.57 bits per heavy atom. The van der Waals surface area contributed by atoms with Gasteiger partial charge in [0, 0.05) is 12.2 Å². The van der Waals surface area contributed by atoms with Crippen molar-refractivity contribution in [3.63, 3.8) is 0 Å². The molecule has 1 saturated heterocycles. The van der Waals surface area contributed by atoms with Gasteiger partial charge in [0.15, 0.2) is 0 Å². The molecular formula is C23H31N3O2. The van der Waals surface area contributed by atoms with Gasteiger partial charge in [-0.15, -0.1) is 0 Å². The zero-order valence-corrected chi connectivity index (χ0v) is 16.7. The van der Waals surface area contributed by atoms with Gasteiger partial charge < -0.3 is 20.3 Å². The number of nitrogens with zero attached hydrogens (tertiary/aromatic N) is 1. The van der Waals surface area contributed by atoms with Crippen molar-refractivity contribution in [3.8, 4) is 16.9 Å². The highest BCUT2D eigenvalue weighted by molar-refractivity contribution is 5.89. The Bertz CT molecular complexity index is 723. The lowest BCUT2D eigenvalue weighted by atomic mass is 10.1. The monoisotopic (exact) mass is 381 g/mol. The van der Waals surface area contributed by atoms with Gasteiger partial charge >= 0.3 is 6.03 Å². The summed E-state index contributed by atoms with van der Waals surface area (Å²) in [6, 6.07) is 15.7. The second kappa shape index (κ2) is 10.7. The van der Waals surface area contributed by atoms with Gasteiger partial charge in [-0.1, -0.05) is 30.7 Å². The van der Waals surface area contributed by atoms with Crippen LogP contribution in [-0.4, -0.2) is 44.2 Å². The van der Waals surface area contributed by atoms with Crippen LogP contribution in [0.3, 0.4) is 0 Å². The molecule has 5 nitrogen and oxygen atoms in total. The van der Waals surface area contributed by atoms with Gasteiger partial charge in [-0.05, 0) is 80.7 Å². The number of unbranched alkanes of at least 4 members (excludes halogenated alkanes) is 1. The number of piperidine rings is 1. The van der Waals surface area contributed by atoms with E-state index in [1.165, 1.54) is 32.4 Å². The first-order valence-electron chi connectivity index (χ1n) is 10.3. The summed E-state index contributed by atoms with van der Waals surface area (Å²) in [6.07, 6.45) is 6.19. The summed E-state index contributed by atoms with van der Waals surface area (Å²) in [7, 11) is 1.66. The van der Waals surface area contributed by atoms with Crippen molar-refractivity contribution in [1.29, 1.82) is 0 Å². The summed E-state index contributed by atoms with van der Waals surface area (Å²) in [6.45, 7) is 4.33. The SMILES string of the molecule is COc1ccc(-c2ccc(NC(=O)NCCCCN3CCCCC3)cc2)cc1. The van der Waals surface area contributed by atoms with Gasteiger partial charge in [-0.25, -0.2) is 4.79 Å². The molecule has 0 aromatic heterocycles. The fourth-order valence-corrected chi connectivity index (χ4v) is 3.55. The highest BCUT2D eigenvalue weighted by Crippen LogP contribution is 2.23. The minimum absolute atomic E-state index is 0.143. The summed E-state index contributed by atoms with van der Waals surface area (Å²) in [4.78, 5) is 14.6. The van der Waals surface area contributed by atoms with Gasteiger partial charge in [0.25, 0.3) is 0 Å². The van der Waals surface area contributed by atoms with Crippen molar-refractivity contribution >= 4 is 11.7 Å². The predicted octanol–water partition coefficient (Wildman–Crippen LogP) is 4.75. The second-order valence-corrected chi connectivity index (χ2v) is 7.30.